The first-order chi connectivity index (χ1) is 17.6. The number of nitrogens with zero attached hydrogens (tertiary/aromatic N) is 1. The van der Waals surface area contributed by atoms with Crippen LogP contribution in [-0.2, 0) is 4.79 Å². The fourth-order valence-electron chi connectivity index (χ4n) is 4.58. The first kappa shape index (κ1) is 34.7. The second-order valence-corrected chi connectivity index (χ2v) is 10.9. The summed E-state index contributed by atoms with van der Waals surface area (Å²) in [4.78, 5) is 13.9. The van der Waals surface area contributed by atoms with Crippen molar-refractivity contribution in [3.05, 3.63) is 36.0 Å². The zero-order chi connectivity index (χ0) is 26.5. The molecular formula is C34H63NO. The Balaban J connectivity index is 3.77. The van der Waals surface area contributed by atoms with E-state index in [2.05, 4.69) is 38.2 Å². The van der Waals surface area contributed by atoms with E-state index in [9.17, 15) is 4.79 Å². The maximum absolute atomic E-state index is 12.2. The Bertz CT molecular complexity index is 558. The van der Waals surface area contributed by atoms with Crippen LogP contribution in [0.5, 0.6) is 0 Å². The molecule has 210 valence electrons. The van der Waals surface area contributed by atoms with E-state index in [1.807, 2.05) is 20.2 Å². The first-order valence-corrected chi connectivity index (χ1v) is 15.8. The summed E-state index contributed by atoms with van der Waals surface area (Å²) in [5.41, 5.74) is 1.38. The van der Waals surface area contributed by atoms with E-state index >= 15 is 0 Å². The highest BCUT2D eigenvalue weighted by molar-refractivity contribution is 5.87. The van der Waals surface area contributed by atoms with Crippen molar-refractivity contribution in [1.82, 2.24) is 4.90 Å². The van der Waals surface area contributed by atoms with E-state index in [1.165, 1.54) is 134 Å². The fraction of sp³-hybridized carbons (Fsp3) is 0.794. The lowest BCUT2D eigenvalue weighted by Gasteiger charge is -2.11. The van der Waals surface area contributed by atoms with Gasteiger partial charge in [-0.05, 0) is 57.8 Å². The number of hydrogen-bond donors (Lipinski definition) is 0. The van der Waals surface area contributed by atoms with Crippen molar-refractivity contribution in [2.24, 2.45) is 0 Å². The summed E-state index contributed by atoms with van der Waals surface area (Å²) in [5.74, 6) is 0.154. The third-order valence-corrected chi connectivity index (χ3v) is 7.07. The molecule has 0 aliphatic heterocycles. The molecule has 0 saturated heterocycles. The minimum atomic E-state index is 0.154. The highest BCUT2D eigenvalue weighted by atomic mass is 16.2. The minimum absolute atomic E-state index is 0.154. The van der Waals surface area contributed by atoms with Crippen LogP contribution < -0.4 is 0 Å². The summed E-state index contributed by atoms with van der Waals surface area (Å²) in [6, 6.07) is 0. The number of likely N-dealkylation sites (N-methyl/N-ethyl adjacent to an activating group) is 1. The number of unbranched alkanes of at least 4 members (excludes halogenated alkanes) is 17. The van der Waals surface area contributed by atoms with Gasteiger partial charge in [-0.3, -0.25) is 4.79 Å². The second-order valence-electron chi connectivity index (χ2n) is 10.9. The summed E-state index contributed by atoms with van der Waals surface area (Å²) < 4.78 is 0. The van der Waals surface area contributed by atoms with Gasteiger partial charge in [0, 0.05) is 20.2 Å². The van der Waals surface area contributed by atoms with Crippen LogP contribution in [0, 0.1) is 0 Å². The molecule has 0 spiro atoms. The van der Waals surface area contributed by atoms with Crippen LogP contribution >= 0.6 is 0 Å². The molecule has 1 amide bonds. The average Bonchev–Trinajstić information content (AvgIpc) is 2.87. The van der Waals surface area contributed by atoms with Gasteiger partial charge in [-0.15, -0.1) is 0 Å². The molecule has 0 atom stereocenters. The molecule has 0 unspecified atom stereocenters. The zero-order valence-electron chi connectivity index (χ0n) is 25.0. The lowest BCUT2D eigenvalue weighted by molar-refractivity contribution is -0.123. The minimum Gasteiger partial charge on any atom is -0.345 e. The van der Waals surface area contributed by atoms with Gasteiger partial charge in [-0.2, -0.15) is 0 Å². The van der Waals surface area contributed by atoms with Crippen molar-refractivity contribution in [2.75, 3.05) is 14.1 Å². The molecule has 0 aliphatic carbocycles. The van der Waals surface area contributed by atoms with Gasteiger partial charge in [0.25, 0.3) is 0 Å². The van der Waals surface area contributed by atoms with E-state index in [1.54, 1.807) is 4.90 Å². The molecule has 0 N–H and O–H groups in total. The predicted octanol–water partition coefficient (Wildman–Crippen LogP) is 11.1. The lowest BCUT2D eigenvalue weighted by atomic mass is 9.98. The highest BCUT2D eigenvalue weighted by Crippen LogP contribution is 2.19. The van der Waals surface area contributed by atoms with Gasteiger partial charge in [0.1, 0.15) is 0 Å². The van der Waals surface area contributed by atoms with Crippen molar-refractivity contribution in [1.29, 1.82) is 0 Å². The lowest BCUT2D eigenvalue weighted by Crippen LogP contribution is -2.19. The van der Waals surface area contributed by atoms with E-state index < -0.39 is 0 Å². The fourth-order valence-corrected chi connectivity index (χ4v) is 4.58. The topological polar surface area (TPSA) is 20.3 Å². The molecule has 0 aromatic heterocycles. The van der Waals surface area contributed by atoms with Crippen LogP contribution in [0.4, 0.5) is 0 Å². The van der Waals surface area contributed by atoms with Gasteiger partial charge in [-0.25, -0.2) is 0 Å². The summed E-state index contributed by atoms with van der Waals surface area (Å²) in [6.07, 6.45) is 41.2. The molecular weight excluding hydrogens is 438 g/mol. The molecule has 36 heavy (non-hydrogen) atoms. The Morgan fingerprint density at radius 2 is 0.917 bits per heavy atom. The monoisotopic (exact) mass is 501 g/mol. The molecule has 0 aromatic carbocycles. The Labute approximate surface area is 227 Å². The van der Waals surface area contributed by atoms with Crippen molar-refractivity contribution >= 4 is 5.91 Å². The van der Waals surface area contributed by atoms with Crippen molar-refractivity contribution in [3.8, 4) is 0 Å². The number of rotatable bonds is 26. The summed E-state index contributed by atoms with van der Waals surface area (Å²) in [7, 11) is 3.71. The largest absolute Gasteiger partial charge is 0.345 e. The molecule has 0 bridgehead atoms. The predicted molar refractivity (Wildman–Crippen MR) is 163 cm³/mol. The number of allylic oxidation sites excluding steroid dienone is 5. The Hall–Kier alpha value is -1.31. The third-order valence-electron chi connectivity index (χ3n) is 7.07. The van der Waals surface area contributed by atoms with Crippen molar-refractivity contribution in [3.63, 3.8) is 0 Å². The van der Waals surface area contributed by atoms with Crippen LogP contribution in [0.2, 0.25) is 0 Å². The van der Waals surface area contributed by atoms with Crippen LogP contribution in [0.1, 0.15) is 162 Å². The van der Waals surface area contributed by atoms with Crippen molar-refractivity contribution < 1.29 is 4.79 Å². The number of amides is 1. The van der Waals surface area contributed by atoms with Gasteiger partial charge in [0.05, 0.1) is 0 Å². The van der Waals surface area contributed by atoms with Crippen molar-refractivity contribution in [2.45, 2.75) is 162 Å². The van der Waals surface area contributed by atoms with Gasteiger partial charge in [0.15, 0.2) is 0 Å². The smallest absolute Gasteiger partial charge is 0.245 e. The number of hydrogen-bond acceptors (Lipinski definition) is 1. The summed E-state index contributed by atoms with van der Waals surface area (Å²) in [6.45, 7) is 4.53. The second kappa shape index (κ2) is 28.3. The summed E-state index contributed by atoms with van der Waals surface area (Å²) >= 11 is 0. The summed E-state index contributed by atoms with van der Waals surface area (Å²) in [5, 5.41) is 0. The molecule has 0 heterocycles. The average molecular weight is 502 g/mol. The molecule has 0 radical (unpaired) electrons. The Morgan fingerprint density at radius 1 is 0.528 bits per heavy atom. The first-order valence-electron chi connectivity index (χ1n) is 15.8. The highest BCUT2D eigenvalue weighted by Gasteiger charge is 2.05. The molecule has 0 fully saturated rings. The van der Waals surface area contributed by atoms with Gasteiger partial charge in [-0.1, -0.05) is 134 Å². The Kier molecular flexibility index (Phi) is 27.2. The van der Waals surface area contributed by atoms with Crippen LogP contribution in [0.3, 0.4) is 0 Å². The third kappa shape index (κ3) is 25.8. The number of carbonyl (C=O) groups excluding carboxylic acids is 1. The SMILES string of the molecule is CCCCC/C=C\C/C=C\CCCCCCCCCC/C(=C/C(=O)N(C)C)CCCCCCCCC. The van der Waals surface area contributed by atoms with Gasteiger partial charge in [0.2, 0.25) is 5.91 Å². The maximum atomic E-state index is 12.2. The molecule has 0 saturated carbocycles. The Morgan fingerprint density at radius 3 is 1.39 bits per heavy atom. The molecule has 0 aromatic rings. The molecule has 0 rings (SSSR count). The normalized spacial score (nSPS) is 12.3. The maximum Gasteiger partial charge on any atom is 0.245 e. The van der Waals surface area contributed by atoms with E-state index in [0.717, 1.165) is 19.3 Å². The molecule has 2 nitrogen and oxygen atoms in total. The molecule has 0 aliphatic rings. The van der Waals surface area contributed by atoms with E-state index in [-0.39, 0.29) is 5.91 Å². The standard InChI is InChI=1S/C34H63NO/c1-5-7-9-11-13-14-15-16-17-18-19-20-21-22-23-25-27-29-31-33(32-34(36)35(3)4)30-28-26-24-12-10-8-6-2/h13-14,16-17,32H,5-12,15,18-31H2,1-4H3/b14-13-,17-16-,33-32+. The van der Waals surface area contributed by atoms with Gasteiger partial charge < -0.3 is 4.90 Å². The van der Waals surface area contributed by atoms with E-state index in [4.69, 9.17) is 0 Å². The number of carbonyl (C=O) groups is 1. The quantitative estimate of drug-likeness (QED) is 0.0655. The molecule has 2 heteroatoms. The van der Waals surface area contributed by atoms with Crippen LogP contribution in [-0.4, -0.2) is 24.9 Å². The van der Waals surface area contributed by atoms with Crippen LogP contribution in [0.15, 0.2) is 36.0 Å². The van der Waals surface area contributed by atoms with Crippen LogP contribution in [0.25, 0.3) is 0 Å². The van der Waals surface area contributed by atoms with Gasteiger partial charge >= 0.3 is 0 Å². The zero-order valence-corrected chi connectivity index (χ0v) is 25.0. The van der Waals surface area contributed by atoms with E-state index in [0.29, 0.717) is 0 Å².